The third-order valence-corrected chi connectivity index (χ3v) is 9.32. The van der Waals surface area contributed by atoms with Gasteiger partial charge < -0.3 is 9.47 Å². The Labute approximate surface area is 245 Å². The number of aromatic nitrogens is 1. The number of rotatable bonds is 3. The second-order valence-electron chi connectivity index (χ2n) is 11.5. The Bertz CT molecular complexity index is 1980. The maximum absolute atomic E-state index is 9.89. The summed E-state index contributed by atoms with van der Waals surface area (Å²) >= 11 is 0. The summed E-state index contributed by atoms with van der Waals surface area (Å²) in [6.07, 6.45) is 23.1. The predicted molar refractivity (Wildman–Crippen MR) is 168 cm³/mol. The summed E-state index contributed by atoms with van der Waals surface area (Å²) in [6.45, 7) is 0. The number of likely N-dealkylation sites (tertiary alicyclic amines) is 1. The van der Waals surface area contributed by atoms with Crippen LogP contribution >= 0.6 is 0 Å². The Hall–Kier alpha value is -5.32. The van der Waals surface area contributed by atoms with Crippen LogP contribution in [0.15, 0.2) is 133 Å². The van der Waals surface area contributed by atoms with E-state index < -0.39 is 0 Å². The second kappa shape index (κ2) is 9.65. The number of hydrogen-bond acceptors (Lipinski definition) is 3. The Morgan fingerprint density at radius 1 is 0.690 bits per heavy atom. The number of para-hydroxylation sites is 1. The van der Waals surface area contributed by atoms with Crippen LogP contribution in [0.3, 0.4) is 0 Å². The van der Waals surface area contributed by atoms with Crippen LogP contribution in [0.5, 0.6) is 0 Å². The molecular formula is C38H28N4. The average Bonchev–Trinajstić information content (AvgIpc) is 3.57. The van der Waals surface area contributed by atoms with Gasteiger partial charge in [-0.15, -0.1) is 0 Å². The lowest BCUT2D eigenvalue weighted by molar-refractivity contribution is 0.311. The van der Waals surface area contributed by atoms with Crippen LogP contribution in [0.4, 0.5) is 0 Å². The van der Waals surface area contributed by atoms with E-state index in [0.29, 0.717) is 23.8 Å². The zero-order valence-corrected chi connectivity index (χ0v) is 23.0. The van der Waals surface area contributed by atoms with Crippen molar-refractivity contribution in [3.05, 3.63) is 144 Å². The molecule has 0 spiro atoms. The van der Waals surface area contributed by atoms with E-state index in [9.17, 15) is 10.5 Å². The molecule has 1 aromatic heterocycles. The Morgan fingerprint density at radius 3 is 2.10 bits per heavy atom. The van der Waals surface area contributed by atoms with Crippen LogP contribution in [0.2, 0.25) is 0 Å². The number of hydrogen-bond donors (Lipinski definition) is 0. The van der Waals surface area contributed by atoms with Crippen molar-refractivity contribution in [1.82, 2.24) is 9.47 Å². The minimum Gasteiger partial charge on any atom is -0.357 e. The van der Waals surface area contributed by atoms with Crippen molar-refractivity contribution in [2.45, 2.75) is 18.5 Å². The largest absolute Gasteiger partial charge is 0.357 e. The highest BCUT2D eigenvalue weighted by Gasteiger charge is 2.46. The van der Waals surface area contributed by atoms with Gasteiger partial charge >= 0.3 is 0 Å². The molecule has 0 bridgehead atoms. The van der Waals surface area contributed by atoms with Crippen molar-refractivity contribution < 1.29 is 0 Å². The first-order chi connectivity index (χ1) is 20.7. The van der Waals surface area contributed by atoms with Gasteiger partial charge in [-0.2, -0.15) is 10.5 Å². The van der Waals surface area contributed by atoms with Gasteiger partial charge in [0.25, 0.3) is 0 Å². The van der Waals surface area contributed by atoms with E-state index in [0.717, 1.165) is 33.1 Å². The summed E-state index contributed by atoms with van der Waals surface area (Å²) < 4.78 is 2.28. The molecule has 0 amide bonds. The fourth-order valence-electron chi connectivity index (χ4n) is 7.44. The molecule has 4 nitrogen and oxygen atoms in total. The minimum atomic E-state index is -0.145. The standard InChI is InChI=1S/C38H28N4/c39-23-25-13-19-37(42-35-11-5-1-7-29(35)30-8-2-6-12-36(30)42)32(21-25)27-15-17-28(18-16-27)41-34-10-4-3-9-31(34)33-22-26(24-40)14-20-38(33)41/h1-20,22,25,29-30,35-36H,21H2/t25-,29?,30?,35?,36?/m1/s1. The summed E-state index contributed by atoms with van der Waals surface area (Å²) in [5.41, 5.74) is 7.52. The predicted octanol–water partition coefficient (Wildman–Crippen LogP) is 8.00. The summed E-state index contributed by atoms with van der Waals surface area (Å²) in [5.74, 6) is 0.709. The van der Waals surface area contributed by atoms with Crippen LogP contribution in [0.25, 0.3) is 33.1 Å². The summed E-state index contributed by atoms with van der Waals surface area (Å²) in [5, 5.41) is 21.6. The van der Waals surface area contributed by atoms with Gasteiger partial charge in [-0.05, 0) is 60.0 Å². The smallest absolute Gasteiger partial charge is 0.0991 e. The highest BCUT2D eigenvalue weighted by atomic mass is 15.2. The molecule has 4 heteroatoms. The zero-order chi connectivity index (χ0) is 28.2. The SMILES string of the molecule is N#Cc1ccc2c(c1)c1ccccc1n2-c1ccc(C2=C(N3C4C=CC=CC4C4C=CC=CC43)C=C[C@@H](C#N)C2)cc1. The van der Waals surface area contributed by atoms with E-state index in [1.165, 1.54) is 11.3 Å². The first kappa shape index (κ1) is 24.5. The Kier molecular flexibility index (Phi) is 5.62. The van der Waals surface area contributed by atoms with Gasteiger partial charge in [0.15, 0.2) is 0 Å². The molecule has 4 unspecified atom stereocenters. The van der Waals surface area contributed by atoms with E-state index in [4.69, 9.17) is 0 Å². The van der Waals surface area contributed by atoms with E-state index >= 15 is 0 Å². The van der Waals surface area contributed by atoms with Crippen LogP contribution in [-0.4, -0.2) is 21.6 Å². The van der Waals surface area contributed by atoms with Crippen molar-refractivity contribution >= 4 is 27.4 Å². The molecule has 2 heterocycles. The van der Waals surface area contributed by atoms with Gasteiger partial charge in [-0.3, -0.25) is 0 Å². The summed E-state index contributed by atoms with van der Waals surface area (Å²) in [7, 11) is 0. The highest BCUT2D eigenvalue weighted by molar-refractivity contribution is 6.09. The fourth-order valence-corrected chi connectivity index (χ4v) is 7.44. The van der Waals surface area contributed by atoms with Crippen molar-refractivity contribution in [2.24, 2.45) is 17.8 Å². The van der Waals surface area contributed by atoms with Gasteiger partial charge in [0.1, 0.15) is 0 Å². The highest BCUT2D eigenvalue weighted by Crippen LogP contribution is 2.47. The van der Waals surface area contributed by atoms with Crippen LogP contribution in [-0.2, 0) is 0 Å². The van der Waals surface area contributed by atoms with E-state index in [2.05, 4.69) is 125 Å². The quantitative estimate of drug-likeness (QED) is 0.265. The summed E-state index contributed by atoms with van der Waals surface area (Å²) in [6, 6.07) is 28.4. The molecule has 1 fully saturated rings. The van der Waals surface area contributed by atoms with E-state index in [1.54, 1.807) is 0 Å². The number of allylic oxidation sites excluding steroid dienone is 7. The molecule has 8 rings (SSSR count). The molecule has 42 heavy (non-hydrogen) atoms. The van der Waals surface area contributed by atoms with Crippen LogP contribution in [0.1, 0.15) is 17.5 Å². The number of nitrogens with zero attached hydrogens (tertiary/aromatic N) is 4. The molecular weight excluding hydrogens is 512 g/mol. The maximum atomic E-state index is 9.89. The third kappa shape index (κ3) is 3.66. The van der Waals surface area contributed by atoms with Crippen molar-refractivity contribution in [3.8, 4) is 17.8 Å². The first-order valence-electron chi connectivity index (χ1n) is 14.6. The maximum Gasteiger partial charge on any atom is 0.0991 e. The molecule has 3 aliphatic carbocycles. The first-order valence-corrected chi connectivity index (χ1v) is 14.6. The number of fused-ring (bicyclic) bond motifs is 6. The van der Waals surface area contributed by atoms with Crippen LogP contribution in [0, 0.1) is 40.4 Å². The van der Waals surface area contributed by atoms with Crippen LogP contribution < -0.4 is 0 Å². The molecule has 3 aromatic carbocycles. The minimum absolute atomic E-state index is 0.145. The zero-order valence-electron chi connectivity index (χ0n) is 23.0. The van der Waals surface area contributed by atoms with Gasteiger partial charge in [0, 0.05) is 34.0 Å². The molecule has 4 aromatic rings. The van der Waals surface area contributed by atoms with E-state index in [1.807, 2.05) is 24.3 Å². The normalized spacial score (nSPS) is 25.6. The Balaban J connectivity index is 1.25. The molecule has 4 aliphatic rings. The van der Waals surface area contributed by atoms with E-state index in [-0.39, 0.29) is 18.0 Å². The lowest BCUT2D eigenvalue weighted by Crippen LogP contribution is -2.36. The van der Waals surface area contributed by atoms with Gasteiger partial charge in [-0.1, -0.05) is 85.0 Å². The monoisotopic (exact) mass is 540 g/mol. The topological polar surface area (TPSA) is 55.8 Å². The molecule has 0 radical (unpaired) electrons. The molecule has 0 N–H and O–H groups in total. The molecule has 200 valence electrons. The number of benzene rings is 3. The molecule has 1 saturated heterocycles. The molecule has 5 atom stereocenters. The average molecular weight is 541 g/mol. The lowest BCUT2D eigenvalue weighted by atomic mass is 9.83. The summed E-state index contributed by atoms with van der Waals surface area (Å²) in [4.78, 5) is 2.59. The second-order valence-corrected chi connectivity index (χ2v) is 11.5. The number of nitriles is 2. The fraction of sp³-hybridized carbons (Fsp3) is 0.158. The van der Waals surface area contributed by atoms with Gasteiger partial charge in [-0.25, -0.2) is 0 Å². The van der Waals surface area contributed by atoms with Crippen molar-refractivity contribution in [2.75, 3.05) is 0 Å². The lowest BCUT2D eigenvalue weighted by Gasteiger charge is -2.36. The molecule has 1 aliphatic heterocycles. The Morgan fingerprint density at radius 2 is 1.38 bits per heavy atom. The van der Waals surface area contributed by atoms with Gasteiger partial charge in [0.2, 0.25) is 0 Å². The van der Waals surface area contributed by atoms with Gasteiger partial charge in [0.05, 0.1) is 46.7 Å². The molecule has 0 saturated carbocycles. The van der Waals surface area contributed by atoms with Crippen molar-refractivity contribution in [1.29, 1.82) is 10.5 Å². The van der Waals surface area contributed by atoms with Crippen molar-refractivity contribution in [3.63, 3.8) is 0 Å². The third-order valence-electron chi connectivity index (χ3n) is 9.32.